The van der Waals surface area contributed by atoms with E-state index in [1.54, 1.807) is 6.20 Å². The van der Waals surface area contributed by atoms with Crippen LogP contribution in [-0.4, -0.2) is 23.2 Å². The zero-order valence-electron chi connectivity index (χ0n) is 9.53. The minimum atomic E-state index is 0.242. The fourth-order valence-corrected chi connectivity index (χ4v) is 1.45. The third kappa shape index (κ3) is 3.52. The smallest absolute Gasteiger partial charge is 0.144 e. The predicted molar refractivity (Wildman–Crippen MR) is 63.1 cm³/mol. The first-order valence-electron chi connectivity index (χ1n) is 5.50. The number of hydrogen-bond donors (Lipinski definition) is 2. The molecule has 0 aliphatic heterocycles. The fourth-order valence-electron chi connectivity index (χ4n) is 1.45. The molecule has 0 aliphatic rings. The van der Waals surface area contributed by atoms with E-state index in [2.05, 4.69) is 16.4 Å². The molecule has 86 valence electrons. The number of anilines is 1. The third-order valence-corrected chi connectivity index (χ3v) is 2.40. The predicted octanol–water partition coefficient (Wildman–Crippen LogP) is 1.84. The second kappa shape index (κ2) is 6.81. The first kappa shape index (κ1) is 12.5. The number of aryl methyl sites for hydroxylation is 1. The number of pyridine rings is 1. The summed E-state index contributed by atoms with van der Waals surface area (Å²) in [6.45, 7) is 2.93. The quantitative estimate of drug-likeness (QED) is 0.716. The first-order chi connectivity index (χ1) is 7.79. The zero-order valence-corrected chi connectivity index (χ0v) is 9.53. The SMILES string of the molecule is Cc1ccnc(NCCCCCO)c1C#N. The molecular weight excluding hydrogens is 202 g/mol. The van der Waals surface area contributed by atoms with Crippen molar-refractivity contribution in [2.24, 2.45) is 0 Å². The van der Waals surface area contributed by atoms with Crippen LogP contribution in [0.25, 0.3) is 0 Å². The van der Waals surface area contributed by atoms with Crippen molar-refractivity contribution in [1.82, 2.24) is 4.98 Å². The highest BCUT2D eigenvalue weighted by Gasteiger charge is 2.04. The topological polar surface area (TPSA) is 68.9 Å². The molecule has 0 aliphatic carbocycles. The van der Waals surface area contributed by atoms with Crippen molar-refractivity contribution >= 4 is 5.82 Å². The molecule has 1 rings (SSSR count). The van der Waals surface area contributed by atoms with Gasteiger partial charge in [-0.05, 0) is 37.8 Å². The Hall–Kier alpha value is -1.60. The van der Waals surface area contributed by atoms with E-state index in [0.29, 0.717) is 11.4 Å². The summed E-state index contributed by atoms with van der Waals surface area (Å²) in [5, 5.41) is 20.8. The molecule has 0 saturated carbocycles. The molecule has 0 atom stereocenters. The number of nitrogens with one attached hydrogen (secondary N) is 1. The van der Waals surface area contributed by atoms with Gasteiger partial charge >= 0.3 is 0 Å². The molecule has 0 radical (unpaired) electrons. The lowest BCUT2D eigenvalue weighted by Crippen LogP contribution is -2.06. The van der Waals surface area contributed by atoms with Gasteiger partial charge in [-0.25, -0.2) is 4.98 Å². The highest BCUT2D eigenvalue weighted by Crippen LogP contribution is 2.14. The number of unbranched alkanes of at least 4 members (excludes halogenated alkanes) is 2. The van der Waals surface area contributed by atoms with E-state index < -0.39 is 0 Å². The lowest BCUT2D eigenvalue weighted by molar-refractivity contribution is 0.283. The molecule has 4 heteroatoms. The van der Waals surface area contributed by atoms with Crippen LogP contribution in [-0.2, 0) is 0 Å². The van der Waals surface area contributed by atoms with Gasteiger partial charge in [-0.1, -0.05) is 0 Å². The molecule has 1 heterocycles. The van der Waals surface area contributed by atoms with Crippen LogP contribution in [0, 0.1) is 18.3 Å². The van der Waals surface area contributed by atoms with Crippen molar-refractivity contribution in [3.05, 3.63) is 23.4 Å². The zero-order chi connectivity index (χ0) is 11.8. The lowest BCUT2D eigenvalue weighted by Gasteiger charge is -2.08. The van der Waals surface area contributed by atoms with E-state index in [1.165, 1.54) is 0 Å². The molecule has 4 nitrogen and oxygen atoms in total. The van der Waals surface area contributed by atoms with E-state index in [4.69, 9.17) is 10.4 Å². The summed E-state index contributed by atoms with van der Waals surface area (Å²) >= 11 is 0. The standard InChI is InChI=1S/C12H17N3O/c1-10-5-7-15-12(11(10)9-13)14-6-3-2-4-8-16/h5,7,16H,2-4,6,8H2,1H3,(H,14,15). The number of nitriles is 1. The van der Waals surface area contributed by atoms with Crippen LogP contribution >= 0.6 is 0 Å². The van der Waals surface area contributed by atoms with Crippen molar-refractivity contribution in [3.8, 4) is 6.07 Å². The molecule has 0 spiro atoms. The van der Waals surface area contributed by atoms with Crippen LogP contribution in [0.15, 0.2) is 12.3 Å². The Labute approximate surface area is 95.9 Å². The molecular formula is C12H17N3O. The van der Waals surface area contributed by atoms with Crippen LogP contribution in [0.5, 0.6) is 0 Å². The Balaban J connectivity index is 2.48. The van der Waals surface area contributed by atoms with Crippen LogP contribution in [0.1, 0.15) is 30.4 Å². The Morgan fingerprint density at radius 2 is 2.25 bits per heavy atom. The van der Waals surface area contributed by atoms with Gasteiger partial charge in [0.05, 0.1) is 5.56 Å². The minimum Gasteiger partial charge on any atom is -0.396 e. The maximum Gasteiger partial charge on any atom is 0.144 e. The van der Waals surface area contributed by atoms with Crippen molar-refractivity contribution in [2.75, 3.05) is 18.5 Å². The maximum atomic E-state index is 8.98. The monoisotopic (exact) mass is 219 g/mol. The average Bonchev–Trinajstić information content (AvgIpc) is 2.29. The van der Waals surface area contributed by atoms with E-state index in [1.807, 2.05) is 13.0 Å². The normalized spacial score (nSPS) is 9.81. The highest BCUT2D eigenvalue weighted by atomic mass is 16.2. The minimum absolute atomic E-state index is 0.242. The summed E-state index contributed by atoms with van der Waals surface area (Å²) in [5.74, 6) is 0.659. The molecule has 0 saturated heterocycles. The largest absolute Gasteiger partial charge is 0.396 e. The van der Waals surface area contributed by atoms with Gasteiger partial charge < -0.3 is 10.4 Å². The summed E-state index contributed by atoms with van der Waals surface area (Å²) in [4.78, 5) is 4.15. The average molecular weight is 219 g/mol. The van der Waals surface area contributed by atoms with Crippen molar-refractivity contribution in [1.29, 1.82) is 5.26 Å². The van der Waals surface area contributed by atoms with Gasteiger partial charge in [0, 0.05) is 19.3 Å². The summed E-state index contributed by atoms with van der Waals surface area (Å²) in [6.07, 6.45) is 4.48. The number of aromatic nitrogens is 1. The van der Waals surface area contributed by atoms with Crippen LogP contribution in [0.3, 0.4) is 0 Å². The Morgan fingerprint density at radius 1 is 1.44 bits per heavy atom. The number of hydrogen-bond acceptors (Lipinski definition) is 4. The molecule has 0 aromatic carbocycles. The van der Waals surface area contributed by atoms with E-state index in [9.17, 15) is 0 Å². The molecule has 2 N–H and O–H groups in total. The van der Waals surface area contributed by atoms with Crippen molar-refractivity contribution in [3.63, 3.8) is 0 Å². The van der Waals surface area contributed by atoms with Crippen LogP contribution in [0.4, 0.5) is 5.82 Å². The third-order valence-electron chi connectivity index (χ3n) is 2.40. The summed E-state index contributed by atoms with van der Waals surface area (Å²) in [6, 6.07) is 3.98. The van der Waals surface area contributed by atoms with E-state index >= 15 is 0 Å². The Kier molecular flexibility index (Phi) is 5.30. The second-order valence-electron chi connectivity index (χ2n) is 3.67. The summed E-state index contributed by atoms with van der Waals surface area (Å²) in [7, 11) is 0. The van der Waals surface area contributed by atoms with Gasteiger partial charge in [0.1, 0.15) is 11.9 Å². The van der Waals surface area contributed by atoms with Gasteiger partial charge in [0.15, 0.2) is 0 Å². The molecule has 0 bridgehead atoms. The maximum absolute atomic E-state index is 8.98. The lowest BCUT2D eigenvalue weighted by atomic mass is 10.1. The molecule has 0 fully saturated rings. The van der Waals surface area contributed by atoms with E-state index in [-0.39, 0.29) is 6.61 Å². The number of nitrogens with zero attached hydrogens (tertiary/aromatic N) is 2. The number of aliphatic hydroxyl groups is 1. The molecule has 0 amide bonds. The molecule has 1 aromatic rings. The first-order valence-corrected chi connectivity index (χ1v) is 5.50. The molecule has 0 unspecified atom stereocenters. The molecule has 1 aromatic heterocycles. The number of aliphatic hydroxyl groups excluding tert-OH is 1. The van der Waals surface area contributed by atoms with Gasteiger partial charge in [0.2, 0.25) is 0 Å². The van der Waals surface area contributed by atoms with Gasteiger partial charge in [-0.15, -0.1) is 0 Å². The van der Waals surface area contributed by atoms with Crippen LogP contribution < -0.4 is 5.32 Å². The highest BCUT2D eigenvalue weighted by molar-refractivity contribution is 5.55. The van der Waals surface area contributed by atoms with Crippen LogP contribution in [0.2, 0.25) is 0 Å². The van der Waals surface area contributed by atoms with Gasteiger partial charge in [-0.2, -0.15) is 5.26 Å². The second-order valence-corrected chi connectivity index (χ2v) is 3.67. The summed E-state index contributed by atoms with van der Waals surface area (Å²) < 4.78 is 0. The van der Waals surface area contributed by atoms with E-state index in [0.717, 1.165) is 31.4 Å². The Morgan fingerprint density at radius 3 is 2.94 bits per heavy atom. The van der Waals surface area contributed by atoms with Gasteiger partial charge in [-0.3, -0.25) is 0 Å². The summed E-state index contributed by atoms with van der Waals surface area (Å²) in [5.41, 5.74) is 1.56. The van der Waals surface area contributed by atoms with Crippen molar-refractivity contribution in [2.45, 2.75) is 26.2 Å². The molecule has 16 heavy (non-hydrogen) atoms. The fraction of sp³-hybridized carbons (Fsp3) is 0.500. The van der Waals surface area contributed by atoms with Gasteiger partial charge in [0.25, 0.3) is 0 Å². The Bertz CT molecular complexity index is 371. The number of rotatable bonds is 6. The van der Waals surface area contributed by atoms with Crippen molar-refractivity contribution < 1.29 is 5.11 Å².